The molecule has 4 heterocycles. The molecule has 0 radical (unpaired) electrons. The maximum atomic E-state index is 13.5. The van der Waals surface area contributed by atoms with Crippen molar-refractivity contribution in [3.63, 3.8) is 0 Å². The highest BCUT2D eigenvalue weighted by Crippen LogP contribution is 2.28. The molecule has 0 bridgehead atoms. The number of unbranched alkanes of at least 4 members (excludes halogenated alkanes) is 5. The number of benzene rings is 2. The van der Waals surface area contributed by atoms with Crippen LogP contribution in [0.15, 0.2) is 53.5 Å². The van der Waals surface area contributed by atoms with Gasteiger partial charge in [-0.3, -0.25) is 28.8 Å². The van der Waals surface area contributed by atoms with E-state index in [2.05, 4.69) is 37.4 Å². The van der Waals surface area contributed by atoms with Crippen LogP contribution in [-0.4, -0.2) is 60.2 Å². The van der Waals surface area contributed by atoms with E-state index in [4.69, 9.17) is 0 Å². The van der Waals surface area contributed by atoms with Crippen LogP contribution in [0, 0.1) is 13.8 Å². The molecule has 1 unspecified atom stereocenters. The van der Waals surface area contributed by atoms with Crippen LogP contribution in [-0.2, 0) is 23.1 Å². The van der Waals surface area contributed by atoms with Crippen molar-refractivity contribution in [1.82, 2.24) is 34.4 Å². The lowest BCUT2D eigenvalue weighted by atomic mass is 10.0. The van der Waals surface area contributed by atoms with Gasteiger partial charge in [0.1, 0.15) is 12.2 Å². The Morgan fingerprint density at radius 1 is 0.962 bits per heavy atom. The summed E-state index contributed by atoms with van der Waals surface area (Å²) in [6.07, 6.45) is 8.55. The van der Waals surface area contributed by atoms with Crippen LogP contribution >= 0.6 is 0 Å². The maximum Gasteiger partial charge on any atom is 0.329 e. The second kappa shape index (κ2) is 15.2. The number of hydrogen-bond acceptors (Lipinski definition) is 8. The zero-order valence-electron chi connectivity index (χ0n) is 30.4. The molecule has 1 aliphatic heterocycles. The van der Waals surface area contributed by atoms with Gasteiger partial charge in [0.15, 0.2) is 17.2 Å². The van der Waals surface area contributed by atoms with E-state index >= 15 is 0 Å². The minimum Gasteiger partial charge on any atom is -0.382 e. The van der Waals surface area contributed by atoms with E-state index in [0.717, 1.165) is 85.1 Å². The van der Waals surface area contributed by atoms with Crippen molar-refractivity contribution in [3.05, 3.63) is 81.5 Å². The fraction of sp³-hybridized carbons (Fsp3) is 0.436. The van der Waals surface area contributed by atoms with E-state index in [1.54, 1.807) is 11.6 Å². The van der Waals surface area contributed by atoms with Gasteiger partial charge in [0.05, 0.1) is 29.0 Å². The number of nitrogens with zero attached hydrogens (tertiary/aromatic N) is 5. The third kappa shape index (κ3) is 7.96. The number of rotatable bonds is 15. The topological polar surface area (TPSA) is 156 Å². The summed E-state index contributed by atoms with van der Waals surface area (Å²) in [4.78, 5) is 54.6. The number of imidazole rings is 2. The van der Waals surface area contributed by atoms with Gasteiger partial charge >= 0.3 is 5.69 Å². The summed E-state index contributed by atoms with van der Waals surface area (Å²) in [5.74, 6) is -0.580. The van der Waals surface area contributed by atoms with Crippen molar-refractivity contribution < 1.29 is 18.8 Å². The normalized spacial score (nSPS) is 18.4. The number of anilines is 3. The molecule has 4 N–H and O–H groups in total. The molecule has 2 aromatic carbocycles. The minimum atomic E-state index is -1.01. The van der Waals surface area contributed by atoms with E-state index in [9.17, 15) is 23.6 Å². The monoisotopic (exact) mass is 723 g/mol. The fourth-order valence-corrected chi connectivity index (χ4v) is 7.24. The first-order valence-corrected chi connectivity index (χ1v) is 18.5. The fourth-order valence-electron chi connectivity index (χ4n) is 7.24. The number of aromatic nitrogens is 5. The zero-order valence-corrected chi connectivity index (χ0v) is 30.4. The van der Waals surface area contributed by atoms with E-state index in [1.807, 2.05) is 50.2 Å². The smallest absolute Gasteiger partial charge is 0.329 e. The summed E-state index contributed by atoms with van der Waals surface area (Å²) in [7, 11) is 1.72. The van der Waals surface area contributed by atoms with E-state index in [1.165, 1.54) is 15.3 Å². The Balaban J connectivity index is 0.909. The third-order valence-corrected chi connectivity index (χ3v) is 10.1. The van der Waals surface area contributed by atoms with Crippen LogP contribution in [0.3, 0.4) is 0 Å². The summed E-state index contributed by atoms with van der Waals surface area (Å²) in [5, 5.41) is 16.6. The molecular formula is C39H46FN9O4. The molecule has 3 atom stereocenters. The molecule has 3 aromatic heterocycles. The molecule has 2 fully saturated rings. The number of piperidine rings is 1. The number of hydrogen-bond donors (Lipinski definition) is 4. The SMILES string of the molecule is Cc1cc(C)cc(Nc2cc(NCCCCCCCCc3ccc4c(c3)n(C)c(=O)n4C3CCC(=O)NC3=O)c3ncc(C(=O)N[C@@H]4C[C@@H]4F)n3n2)c1. The summed E-state index contributed by atoms with van der Waals surface area (Å²) in [6, 6.07) is 12.9. The maximum absolute atomic E-state index is 13.5. The summed E-state index contributed by atoms with van der Waals surface area (Å²) in [6.45, 7) is 4.79. The number of alkyl halides is 1. The highest BCUT2D eigenvalue weighted by atomic mass is 19.1. The number of halogens is 1. The Morgan fingerprint density at radius 3 is 2.43 bits per heavy atom. The minimum absolute atomic E-state index is 0.216. The average Bonchev–Trinajstić information content (AvgIpc) is 3.52. The molecule has 0 spiro atoms. The van der Waals surface area contributed by atoms with Crippen molar-refractivity contribution in [2.75, 3.05) is 17.2 Å². The Hall–Kier alpha value is -5.53. The molecule has 5 aromatic rings. The second-order valence-corrected chi connectivity index (χ2v) is 14.5. The molecule has 2 aliphatic rings. The molecule has 14 heteroatoms. The Kier molecular flexibility index (Phi) is 10.3. The lowest BCUT2D eigenvalue weighted by molar-refractivity contribution is -0.135. The summed E-state index contributed by atoms with van der Waals surface area (Å²) < 4.78 is 18.1. The molecule has 1 saturated heterocycles. The third-order valence-electron chi connectivity index (χ3n) is 10.1. The van der Waals surface area contributed by atoms with Crippen molar-refractivity contribution in [2.24, 2.45) is 7.05 Å². The molecule has 3 amide bonds. The van der Waals surface area contributed by atoms with Gasteiger partial charge in [0.25, 0.3) is 5.91 Å². The Bertz CT molecular complexity index is 2240. The van der Waals surface area contributed by atoms with Crippen LogP contribution in [0.4, 0.5) is 21.6 Å². The molecule has 7 rings (SSSR count). The molecular weight excluding hydrogens is 677 g/mol. The van der Waals surface area contributed by atoms with Gasteiger partial charge in [-0.1, -0.05) is 37.8 Å². The Morgan fingerprint density at radius 2 is 1.70 bits per heavy atom. The number of carbonyl (C=O) groups excluding carboxylic acids is 3. The highest BCUT2D eigenvalue weighted by Gasteiger charge is 2.39. The van der Waals surface area contributed by atoms with Gasteiger partial charge < -0.3 is 16.0 Å². The quantitative estimate of drug-likeness (QED) is 0.0809. The van der Waals surface area contributed by atoms with Crippen molar-refractivity contribution in [3.8, 4) is 0 Å². The molecule has 1 saturated carbocycles. The largest absolute Gasteiger partial charge is 0.382 e. The van der Waals surface area contributed by atoms with E-state index < -0.39 is 30.1 Å². The van der Waals surface area contributed by atoms with E-state index in [-0.39, 0.29) is 23.7 Å². The number of carbonyl (C=O) groups is 3. The van der Waals surface area contributed by atoms with E-state index in [0.29, 0.717) is 29.8 Å². The highest BCUT2D eigenvalue weighted by molar-refractivity contribution is 6.00. The molecule has 13 nitrogen and oxygen atoms in total. The summed E-state index contributed by atoms with van der Waals surface area (Å²) in [5.41, 5.74) is 7.03. The van der Waals surface area contributed by atoms with Crippen LogP contribution in [0.1, 0.15) is 91.0 Å². The first-order valence-electron chi connectivity index (χ1n) is 18.5. The van der Waals surface area contributed by atoms with Crippen LogP contribution in [0.2, 0.25) is 0 Å². The average molecular weight is 724 g/mol. The number of fused-ring (bicyclic) bond motifs is 2. The second-order valence-electron chi connectivity index (χ2n) is 14.5. The first-order chi connectivity index (χ1) is 25.5. The standard InChI is InChI=1S/C39H46FN9O4/c1-23-16-24(2)18-26(17-23)43-34-21-29(36-42-22-33(49(36)46-34)38(52)44-28-20-27(28)40)41-15-9-7-5-4-6-8-10-25-11-12-30-32(19-25)47(3)39(53)48(30)31-13-14-35(50)45-37(31)51/h11-12,16-19,21-22,27-28,31,41H,4-10,13-15,20H2,1-3H3,(H,43,46)(H,44,52)(H,45,50,51)/t27-,28+,31?/m0/s1. The zero-order chi connectivity index (χ0) is 37.2. The number of aryl methyl sites for hydroxylation is 4. The van der Waals surface area contributed by atoms with Gasteiger partial charge in [0, 0.05) is 38.2 Å². The number of amides is 3. The summed E-state index contributed by atoms with van der Waals surface area (Å²) >= 11 is 0. The molecule has 278 valence electrons. The van der Waals surface area contributed by atoms with Crippen LogP contribution in [0.25, 0.3) is 16.7 Å². The number of nitrogens with one attached hydrogen (secondary N) is 4. The first kappa shape index (κ1) is 35.9. The molecule has 53 heavy (non-hydrogen) atoms. The van der Waals surface area contributed by atoms with Crippen LogP contribution in [0.5, 0.6) is 0 Å². The lowest BCUT2D eigenvalue weighted by Crippen LogP contribution is -2.44. The van der Waals surface area contributed by atoms with Gasteiger partial charge in [-0.25, -0.2) is 18.7 Å². The van der Waals surface area contributed by atoms with Gasteiger partial charge in [-0.2, -0.15) is 0 Å². The predicted molar refractivity (Wildman–Crippen MR) is 201 cm³/mol. The predicted octanol–water partition coefficient (Wildman–Crippen LogP) is 5.56. The van der Waals surface area contributed by atoms with Crippen molar-refractivity contribution in [1.29, 1.82) is 0 Å². The van der Waals surface area contributed by atoms with Crippen LogP contribution < -0.4 is 27.0 Å². The lowest BCUT2D eigenvalue weighted by Gasteiger charge is -2.21. The number of imide groups is 1. The van der Waals surface area contributed by atoms with Gasteiger partial charge in [-0.05, 0) is 80.5 Å². The van der Waals surface area contributed by atoms with Crippen molar-refractivity contribution in [2.45, 2.75) is 96.3 Å². The van der Waals surface area contributed by atoms with Crippen molar-refractivity contribution >= 4 is 51.6 Å². The van der Waals surface area contributed by atoms with Gasteiger partial charge in [0.2, 0.25) is 11.8 Å². The molecule has 1 aliphatic carbocycles. The van der Waals surface area contributed by atoms with Gasteiger partial charge in [-0.15, -0.1) is 5.10 Å². The Labute approximate surface area is 306 Å².